The highest BCUT2D eigenvalue weighted by atomic mass is 16.5. The summed E-state index contributed by atoms with van der Waals surface area (Å²) in [5.74, 6) is 0.664. The quantitative estimate of drug-likeness (QED) is 0.858. The summed E-state index contributed by atoms with van der Waals surface area (Å²) in [5.41, 5.74) is 4.72. The van der Waals surface area contributed by atoms with Crippen LogP contribution in [0.3, 0.4) is 0 Å². The van der Waals surface area contributed by atoms with Gasteiger partial charge in [-0.3, -0.25) is 4.98 Å². The topological polar surface area (TPSA) is 34.2 Å². The van der Waals surface area contributed by atoms with Gasteiger partial charge in [0.1, 0.15) is 0 Å². The van der Waals surface area contributed by atoms with Crippen LogP contribution in [0.15, 0.2) is 24.3 Å². The molecule has 20 heavy (non-hydrogen) atoms. The summed E-state index contributed by atoms with van der Waals surface area (Å²) >= 11 is 0. The van der Waals surface area contributed by atoms with Crippen LogP contribution in [-0.4, -0.2) is 18.6 Å². The van der Waals surface area contributed by atoms with Gasteiger partial charge in [-0.2, -0.15) is 0 Å². The van der Waals surface area contributed by atoms with Crippen molar-refractivity contribution < 1.29 is 4.74 Å². The fourth-order valence-electron chi connectivity index (χ4n) is 2.59. The van der Waals surface area contributed by atoms with Gasteiger partial charge in [0.2, 0.25) is 0 Å². The van der Waals surface area contributed by atoms with Crippen LogP contribution in [0.2, 0.25) is 0 Å². The Labute approximate surface area is 120 Å². The van der Waals surface area contributed by atoms with E-state index in [2.05, 4.69) is 36.5 Å². The molecule has 0 unspecified atom stereocenters. The van der Waals surface area contributed by atoms with Gasteiger partial charge in [0.05, 0.1) is 12.1 Å². The number of para-hydroxylation sites is 1. The zero-order valence-corrected chi connectivity index (χ0v) is 12.3. The van der Waals surface area contributed by atoms with Crippen LogP contribution >= 0.6 is 0 Å². The molecule has 1 aromatic heterocycles. The van der Waals surface area contributed by atoms with Gasteiger partial charge in [-0.15, -0.1) is 0 Å². The van der Waals surface area contributed by atoms with Gasteiger partial charge in [-0.05, 0) is 25.3 Å². The molecule has 1 fully saturated rings. The Balaban J connectivity index is 2.11. The van der Waals surface area contributed by atoms with Crippen LogP contribution in [0.4, 0.5) is 5.69 Å². The lowest BCUT2D eigenvalue weighted by molar-refractivity contribution is 0.186. The Morgan fingerprint density at radius 2 is 2.20 bits per heavy atom. The summed E-state index contributed by atoms with van der Waals surface area (Å²) in [6.45, 7) is 3.80. The average molecular weight is 270 g/mol. The van der Waals surface area contributed by atoms with E-state index in [1.54, 1.807) is 7.11 Å². The first-order valence-electron chi connectivity index (χ1n) is 7.48. The average Bonchev–Trinajstić information content (AvgIpc) is 3.30. The maximum Gasteiger partial charge on any atom is 0.0781 e. The molecule has 1 aliphatic carbocycles. The largest absolute Gasteiger partial charge is 0.384 e. The smallest absolute Gasteiger partial charge is 0.0781 e. The molecule has 3 rings (SSSR count). The molecular weight excluding hydrogens is 248 g/mol. The summed E-state index contributed by atoms with van der Waals surface area (Å²) in [6.07, 6.45) is 3.68. The van der Waals surface area contributed by atoms with Crippen LogP contribution in [0, 0.1) is 0 Å². The Morgan fingerprint density at radius 3 is 2.90 bits per heavy atom. The van der Waals surface area contributed by atoms with Crippen molar-refractivity contribution >= 4 is 16.6 Å². The van der Waals surface area contributed by atoms with Crippen LogP contribution < -0.4 is 5.32 Å². The minimum Gasteiger partial charge on any atom is -0.384 e. The number of ether oxygens (including phenoxy) is 1. The van der Waals surface area contributed by atoms with E-state index in [-0.39, 0.29) is 0 Å². The molecular formula is C17H22N2O. The van der Waals surface area contributed by atoms with Crippen molar-refractivity contribution in [3.05, 3.63) is 35.5 Å². The Kier molecular flexibility index (Phi) is 3.88. The molecule has 1 saturated carbocycles. The number of hydrogen-bond acceptors (Lipinski definition) is 3. The summed E-state index contributed by atoms with van der Waals surface area (Å²) in [5, 5.41) is 4.75. The van der Waals surface area contributed by atoms with Gasteiger partial charge in [0.15, 0.2) is 0 Å². The van der Waals surface area contributed by atoms with E-state index in [9.17, 15) is 0 Å². The van der Waals surface area contributed by atoms with Gasteiger partial charge in [-0.1, -0.05) is 25.1 Å². The van der Waals surface area contributed by atoms with Gasteiger partial charge in [-0.25, -0.2) is 0 Å². The number of aromatic nitrogens is 1. The molecule has 1 N–H and O–H groups in total. The van der Waals surface area contributed by atoms with Gasteiger partial charge in [0.25, 0.3) is 0 Å². The minimum absolute atomic E-state index is 0.617. The summed E-state index contributed by atoms with van der Waals surface area (Å²) in [6, 6.07) is 8.59. The molecule has 0 atom stereocenters. The van der Waals surface area contributed by atoms with Crippen molar-refractivity contribution in [2.75, 3.05) is 19.0 Å². The van der Waals surface area contributed by atoms with Gasteiger partial charge < -0.3 is 10.1 Å². The van der Waals surface area contributed by atoms with Crippen molar-refractivity contribution in [2.24, 2.45) is 0 Å². The molecule has 0 saturated heterocycles. The molecule has 0 bridgehead atoms. The number of methoxy groups -OCH3 is 1. The van der Waals surface area contributed by atoms with E-state index >= 15 is 0 Å². The first-order chi connectivity index (χ1) is 9.83. The van der Waals surface area contributed by atoms with Crippen LogP contribution in [0.1, 0.15) is 43.4 Å². The van der Waals surface area contributed by atoms with Crippen molar-refractivity contribution in [1.82, 2.24) is 4.98 Å². The first kappa shape index (κ1) is 13.4. The molecule has 0 amide bonds. The number of nitrogens with one attached hydrogen (secondary N) is 1. The molecule has 0 radical (unpaired) electrons. The fraction of sp³-hybridized carbons (Fsp3) is 0.471. The summed E-state index contributed by atoms with van der Waals surface area (Å²) < 4.78 is 5.31. The highest BCUT2D eigenvalue weighted by Gasteiger charge is 2.26. The Hall–Kier alpha value is -1.61. The second-order valence-corrected chi connectivity index (χ2v) is 5.54. The standard InChI is InChI=1S/C17H22N2O/c1-3-9-18-16-10-15(12-7-8-12)19-17-13(11-20-2)5-4-6-14(16)17/h4-6,10,12H,3,7-9,11H2,1-2H3,(H,18,19). The Bertz CT molecular complexity index is 605. The van der Waals surface area contributed by atoms with Crippen molar-refractivity contribution in [3.8, 4) is 0 Å². The maximum atomic E-state index is 5.31. The maximum absolute atomic E-state index is 5.31. The second-order valence-electron chi connectivity index (χ2n) is 5.54. The predicted molar refractivity (Wildman–Crippen MR) is 83.2 cm³/mol. The van der Waals surface area contributed by atoms with Crippen molar-refractivity contribution in [2.45, 2.75) is 38.7 Å². The molecule has 1 aliphatic rings. The van der Waals surface area contributed by atoms with Crippen LogP contribution in [-0.2, 0) is 11.3 Å². The molecule has 3 nitrogen and oxygen atoms in total. The van der Waals surface area contributed by atoms with E-state index in [1.807, 2.05) is 0 Å². The third kappa shape index (κ3) is 2.63. The highest BCUT2D eigenvalue weighted by Crippen LogP contribution is 2.41. The lowest BCUT2D eigenvalue weighted by atomic mass is 10.1. The third-order valence-corrected chi connectivity index (χ3v) is 3.80. The summed E-state index contributed by atoms with van der Waals surface area (Å²) in [7, 11) is 1.74. The number of pyridine rings is 1. The normalized spacial score (nSPS) is 14.7. The SMILES string of the molecule is CCCNc1cc(C2CC2)nc2c(COC)cccc12. The van der Waals surface area contributed by atoms with E-state index in [1.165, 1.54) is 35.2 Å². The highest BCUT2D eigenvalue weighted by molar-refractivity contribution is 5.93. The third-order valence-electron chi connectivity index (χ3n) is 3.80. The van der Waals surface area contributed by atoms with E-state index < -0.39 is 0 Å². The zero-order chi connectivity index (χ0) is 13.9. The number of benzene rings is 1. The van der Waals surface area contributed by atoms with Crippen LogP contribution in [0.5, 0.6) is 0 Å². The molecule has 0 aliphatic heterocycles. The lowest BCUT2D eigenvalue weighted by Crippen LogP contribution is -2.03. The predicted octanol–water partition coefficient (Wildman–Crippen LogP) is 4.08. The number of nitrogens with zero attached hydrogens (tertiary/aromatic N) is 1. The van der Waals surface area contributed by atoms with E-state index in [4.69, 9.17) is 9.72 Å². The number of rotatable bonds is 6. The van der Waals surface area contributed by atoms with Crippen molar-refractivity contribution in [3.63, 3.8) is 0 Å². The van der Waals surface area contributed by atoms with Crippen LogP contribution in [0.25, 0.3) is 10.9 Å². The van der Waals surface area contributed by atoms with E-state index in [0.29, 0.717) is 12.5 Å². The second kappa shape index (κ2) is 5.80. The molecule has 0 spiro atoms. The molecule has 1 heterocycles. The summed E-state index contributed by atoms with van der Waals surface area (Å²) in [4.78, 5) is 4.90. The monoisotopic (exact) mass is 270 g/mol. The van der Waals surface area contributed by atoms with Crippen molar-refractivity contribution in [1.29, 1.82) is 0 Å². The first-order valence-corrected chi connectivity index (χ1v) is 7.48. The molecule has 3 heteroatoms. The number of fused-ring (bicyclic) bond motifs is 1. The zero-order valence-electron chi connectivity index (χ0n) is 12.3. The number of hydrogen-bond donors (Lipinski definition) is 1. The minimum atomic E-state index is 0.617. The fourth-order valence-corrected chi connectivity index (χ4v) is 2.59. The van der Waals surface area contributed by atoms with E-state index in [0.717, 1.165) is 18.5 Å². The van der Waals surface area contributed by atoms with Gasteiger partial charge in [0, 0.05) is 41.9 Å². The lowest BCUT2D eigenvalue weighted by Gasteiger charge is -2.13. The Morgan fingerprint density at radius 1 is 1.35 bits per heavy atom. The molecule has 106 valence electrons. The van der Waals surface area contributed by atoms with Gasteiger partial charge >= 0.3 is 0 Å². The molecule has 1 aromatic carbocycles. The molecule has 2 aromatic rings. The number of anilines is 1.